The number of unbranched alkanes of at least 4 members (excludes halogenated alkanes) is 1. The molecule has 0 aliphatic heterocycles. The van der Waals surface area contributed by atoms with Crippen LogP contribution in [0.15, 0.2) is 6.07 Å². The van der Waals surface area contributed by atoms with Crippen LogP contribution in [0.2, 0.25) is 5.02 Å². The van der Waals surface area contributed by atoms with Crippen molar-refractivity contribution in [3.63, 3.8) is 0 Å². The second-order valence-corrected chi connectivity index (χ2v) is 3.95. The molecular weight excluding hydrogens is 217 g/mol. The zero-order valence-electron chi connectivity index (χ0n) is 8.69. The third-order valence-electron chi connectivity index (χ3n) is 2.33. The normalized spacial score (nSPS) is 10.7. The first-order valence-electron chi connectivity index (χ1n) is 4.94. The number of hydrogen-bond acceptors (Lipinski definition) is 2. The van der Waals surface area contributed by atoms with Crippen LogP contribution in [-0.4, -0.2) is 11.7 Å². The summed E-state index contributed by atoms with van der Waals surface area (Å²) in [6.07, 6.45) is 2.24. The highest BCUT2D eigenvalue weighted by Gasteiger charge is 2.13. The Balaban J connectivity index is 2.89. The van der Waals surface area contributed by atoms with Crippen LogP contribution in [-0.2, 0) is 6.42 Å². The number of hydrogen-bond donors (Lipinski definition) is 2. The topological polar surface area (TPSA) is 46.2 Å². The maximum absolute atomic E-state index is 13.5. The van der Waals surface area contributed by atoms with E-state index in [-0.39, 0.29) is 5.02 Å². The molecule has 2 nitrogen and oxygen atoms in total. The fraction of sp³-hybridized carbons (Fsp3) is 0.455. The summed E-state index contributed by atoms with van der Waals surface area (Å²) in [6, 6.07) is 1.67. The fourth-order valence-corrected chi connectivity index (χ4v) is 1.60. The zero-order valence-corrected chi connectivity index (χ0v) is 9.44. The molecule has 0 aliphatic carbocycles. The smallest absolute Gasteiger partial charge is 0.170 e. The van der Waals surface area contributed by atoms with Crippen LogP contribution >= 0.6 is 11.6 Å². The average Bonchev–Trinajstić information content (AvgIpc) is 2.23. The molecule has 0 amide bonds. The van der Waals surface area contributed by atoms with E-state index >= 15 is 0 Å². The third-order valence-corrected chi connectivity index (χ3v) is 2.81. The summed E-state index contributed by atoms with van der Waals surface area (Å²) in [7, 11) is 0. The summed E-state index contributed by atoms with van der Waals surface area (Å²) in [6.45, 7) is 2.34. The largest absolute Gasteiger partial charge is 0.504 e. The highest BCUT2D eigenvalue weighted by atomic mass is 35.5. The fourth-order valence-electron chi connectivity index (χ4n) is 1.46. The second-order valence-electron chi connectivity index (χ2n) is 3.57. The van der Waals surface area contributed by atoms with Crippen LogP contribution in [0.3, 0.4) is 0 Å². The lowest BCUT2D eigenvalue weighted by Gasteiger charge is -2.08. The van der Waals surface area contributed by atoms with Gasteiger partial charge in [0, 0.05) is 0 Å². The number of phenols is 1. The maximum atomic E-state index is 13.5. The van der Waals surface area contributed by atoms with Gasteiger partial charge in [-0.1, -0.05) is 17.7 Å². The van der Waals surface area contributed by atoms with Gasteiger partial charge in [-0.05, 0) is 43.9 Å². The molecule has 0 radical (unpaired) electrons. The molecule has 0 spiro atoms. The third kappa shape index (κ3) is 2.83. The van der Waals surface area contributed by atoms with Gasteiger partial charge in [0.1, 0.15) is 0 Å². The molecule has 0 heterocycles. The average molecular weight is 232 g/mol. The molecule has 0 aliphatic rings. The number of benzene rings is 1. The molecule has 0 aromatic heterocycles. The predicted molar refractivity (Wildman–Crippen MR) is 59.8 cm³/mol. The molecule has 1 aromatic carbocycles. The summed E-state index contributed by atoms with van der Waals surface area (Å²) < 4.78 is 13.5. The number of rotatable bonds is 4. The zero-order chi connectivity index (χ0) is 11.4. The molecule has 1 aromatic rings. The van der Waals surface area contributed by atoms with Crippen molar-refractivity contribution in [3.8, 4) is 5.75 Å². The molecule has 1 rings (SSSR count). The van der Waals surface area contributed by atoms with E-state index in [1.54, 1.807) is 13.0 Å². The molecule has 0 bridgehead atoms. The molecule has 0 saturated heterocycles. The van der Waals surface area contributed by atoms with Gasteiger partial charge >= 0.3 is 0 Å². The van der Waals surface area contributed by atoms with Crippen molar-refractivity contribution in [2.24, 2.45) is 5.73 Å². The number of halogens is 2. The number of nitrogens with two attached hydrogens (primary N) is 1. The Bertz CT molecular complexity index is 355. The Labute approximate surface area is 93.9 Å². The summed E-state index contributed by atoms with van der Waals surface area (Å²) in [4.78, 5) is 0. The van der Waals surface area contributed by atoms with Crippen LogP contribution in [0.1, 0.15) is 24.0 Å². The monoisotopic (exact) mass is 231 g/mol. The molecule has 3 N–H and O–H groups in total. The van der Waals surface area contributed by atoms with Gasteiger partial charge < -0.3 is 10.8 Å². The lowest BCUT2D eigenvalue weighted by Crippen LogP contribution is -2.00. The molecule has 0 saturated carbocycles. The minimum atomic E-state index is -0.609. The van der Waals surface area contributed by atoms with Gasteiger partial charge in [0.05, 0.1) is 5.02 Å². The number of phenolic OH excluding ortho intramolecular Hbond substituents is 1. The van der Waals surface area contributed by atoms with Crippen molar-refractivity contribution in [2.45, 2.75) is 26.2 Å². The van der Waals surface area contributed by atoms with Crippen molar-refractivity contribution in [2.75, 3.05) is 6.54 Å². The van der Waals surface area contributed by atoms with E-state index in [2.05, 4.69) is 0 Å². The van der Waals surface area contributed by atoms with E-state index in [0.29, 0.717) is 24.1 Å². The van der Waals surface area contributed by atoms with E-state index in [0.717, 1.165) is 12.8 Å². The highest BCUT2D eigenvalue weighted by Crippen LogP contribution is 2.32. The van der Waals surface area contributed by atoms with Gasteiger partial charge in [-0.25, -0.2) is 4.39 Å². The lowest BCUT2D eigenvalue weighted by molar-refractivity contribution is 0.427. The van der Waals surface area contributed by atoms with Crippen molar-refractivity contribution in [1.29, 1.82) is 0 Å². The van der Waals surface area contributed by atoms with Crippen LogP contribution in [0.25, 0.3) is 0 Å². The van der Waals surface area contributed by atoms with Crippen molar-refractivity contribution >= 4 is 11.6 Å². The summed E-state index contributed by atoms with van der Waals surface area (Å²) in [5.74, 6) is -1.05. The molecule has 84 valence electrons. The Hall–Kier alpha value is -0.800. The van der Waals surface area contributed by atoms with Gasteiger partial charge in [0.15, 0.2) is 11.6 Å². The first-order chi connectivity index (χ1) is 7.07. The van der Waals surface area contributed by atoms with Crippen molar-refractivity contribution < 1.29 is 9.50 Å². The second kappa shape index (κ2) is 5.33. The molecule has 0 fully saturated rings. The van der Waals surface area contributed by atoms with Crippen LogP contribution < -0.4 is 5.73 Å². The maximum Gasteiger partial charge on any atom is 0.170 e. The Morgan fingerprint density at radius 1 is 1.47 bits per heavy atom. The van der Waals surface area contributed by atoms with E-state index in [9.17, 15) is 9.50 Å². The van der Waals surface area contributed by atoms with Crippen LogP contribution in [0.4, 0.5) is 4.39 Å². The first-order valence-corrected chi connectivity index (χ1v) is 5.32. The quantitative estimate of drug-likeness (QED) is 0.783. The minimum absolute atomic E-state index is 0.0927. The molecule has 4 heteroatoms. The lowest BCUT2D eigenvalue weighted by atomic mass is 10.0. The van der Waals surface area contributed by atoms with Gasteiger partial charge in [-0.3, -0.25) is 0 Å². The Morgan fingerprint density at radius 2 is 2.13 bits per heavy atom. The van der Waals surface area contributed by atoms with Gasteiger partial charge in [-0.15, -0.1) is 0 Å². The van der Waals surface area contributed by atoms with E-state index in [1.165, 1.54) is 0 Å². The van der Waals surface area contributed by atoms with Crippen LogP contribution in [0.5, 0.6) is 5.75 Å². The minimum Gasteiger partial charge on any atom is -0.504 e. The molecule has 15 heavy (non-hydrogen) atoms. The van der Waals surface area contributed by atoms with Gasteiger partial charge in [-0.2, -0.15) is 0 Å². The summed E-state index contributed by atoms with van der Waals surface area (Å²) in [5.41, 5.74) is 6.55. The molecule has 0 atom stereocenters. The number of aryl methyl sites for hydroxylation is 2. The molecular formula is C11H15ClFNO. The SMILES string of the molecule is Cc1cc(CCCCN)c(F)c(O)c1Cl. The van der Waals surface area contributed by atoms with Gasteiger partial charge in [0.2, 0.25) is 0 Å². The highest BCUT2D eigenvalue weighted by molar-refractivity contribution is 6.32. The summed E-state index contributed by atoms with van der Waals surface area (Å²) in [5, 5.41) is 9.49. The predicted octanol–water partition coefficient (Wildman–Crippen LogP) is 2.77. The van der Waals surface area contributed by atoms with Crippen molar-refractivity contribution in [3.05, 3.63) is 28.0 Å². The van der Waals surface area contributed by atoms with E-state index in [4.69, 9.17) is 17.3 Å². The Morgan fingerprint density at radius 3 is 2.73 bits per heavy atom. The van der Waals surface area contributed by atoms with Gasteiger partial charge in [0.25, 0.3) is 0 Å². The molecule has 0 unspecified atom stereocenters. The van der Waals surface area contributed by atoms with Crippen LogP contribution in [0, 0.1) is 12.7 Å². The number of aromatic hydroxyl groups is 1. The summed E-state index contributed by atoms with van der Waals surface area (Å²) >= 11 is 5.71. The van der Waals surface area contributed by atoms with Crippen molar-refractivity contribution in [1.82, 2.24) is 0 Å². The standard InChI is InChI=1S/C11H15ClFNO/c1-7-6-8(4-2-3-5-14)10(13)11(15)9(7)12/h6,15H,2-5,14H2,1H3. The Kier molecular flexibility index (Phi) is 4.36. The first kappa shape index (κ1) is 12.3. The van der Waals surface area contributed by atoms with E-state index in [1.807, 2.05) is 0 Å². The van der Waals surface area contributed by atoms with E-state index < -0.39 is 11.6 Å².